The van der Waals surface area contributed by atoms with Crippen LogP contribution in [0.15, 0.2) is 33.6 Å². The molecule has 0 aromatic heterocycles. The van der Waals surface area contributed by atoms with Crippen LogP contribution in [0.3, 0.4) is 0 Å². The molecule has 0 aliphatic carbocycles. The number of amides is 1. The van der Waals surface area contributed by atoms with Gasteiger partial charge in [0.05, 0.1) is 6.54 Å². The van der Waals surface area contributed by atoms with Crippen molar-refractivity contribution < 1.29 is 13.2 Å². The van der Waals surface area contributed by atoms with Crippen LogP contribution in [0.25, 0.3) is 0 Å². The van der Waals surface area contributed by atoms with Crippen molar-refractivity contribution in [1.82, 2.24) is 15.1 Å². The number of likely N-dealkylation sites (N-methyl/N-ethyl adjacent to an activating group) is 1. The third-order valence-electron chi connectivity index (χ3n) is 4.17. The number of halogens is 1. The van der Waals surface area contributed by atoms with Crippen LogP contribution < -0.4 is 5.32 Å². The first-order valence-electron chi connectivity index (χ1n) is 7.56. The fourth-order valence-corrected chi connectivity index (χ4v) is 4.20. The maximum atomic E-state index is 12.5. The highest BCUT2D eigenvalue weighted by molar-refractivity contribution is 7.90. The first-order valence-corrected chi connectivity index (χ1v) is 9.00. The third-order valence-corrected chi connectivity index (χ3v) is 5.49. The number of fused-ring (bicyclic) bond motifs is 1. The van der Waals surface area contributed by atoms with Crippen LogP contribution in [0.2, 0.25) is 0 Å². The van der Waals surface area contributed by atoms with E-state index in [1.54, 1.807) is 30.1 Å². The monoisotopic (exact) mass is 372 g/mol. The van der Waals surface area contributed by atoms with E-state index >= 15 is 0 Å². The second-order valence-corrected chi connectivity index (χ2v) is 7.45. The molecule has 1 fully saturated rings. The number of rotatable bonds is 2. The van der Waals surface area contributed by atoms with Crippen LogP contribution in [0, 0.1) is 0 Å². The molecule has 2 aliphatic heterocycles. The zero-order valence-corrected chi connectivity index (χ0v) is 15.2. The molecule has 24 heavy (non-hydrogen) atoms. The van der Waals surface area contributed by atoms with E-state index in [2.05, 4.69) is 9.71 Å². The molecule has 1 N–H and O–H groups in total. The molecule has 1 atom stereocenters. The van der Waals surface area contributed by atoms with Gasteiger partial charge in [-0.15, -0.1) is 16.8 Å². The Bertz CT molecular complexity index is 766. The lowest BCUT2D eigenvalue weighted by atomic mass is 10.2. The number of benzene rings is 1. The molecule has 0 bridgehead atoms. The first kappa shape index (κ1) is 18.7. The van der Waals surface area contributed by atoms with Crippen LogP contribution >= 0.6 is 12.4 Å². The third kappa shape index (κ3) is 3.40. The van der Waals surface area contributed by atoms with Gasteiger partial charge < -0.3 is 15.1 Å². The van der Waals surface area contributed by atoms with Crippen LogP contribution in [0.5, 0.6) is 0 Å². The summed E-state index contributed by atoms with van der Waals surface area (Å²) in [4.78, 5) is 16.1. The van der Waals surface area contributed by atoms with Gasteiger partial charge in [0.15, 0.2) is 5.84 Å². The minimum atomic E-state index is -3.66. The predicted molar refractivity (Wildman–Crippen MR) is 94.1 cm³/mol. The van der Waals surface area contributed by atoms with Gasteiger partial charge in [0.1, 0.15) is 4.90 Å². The number of sulfonamides is 1. The SMILES string of the molecule is C[C@@H]1CNCCN1C(=O)CN(C)C1=NS(=O)(=O)c2ccccc21.Cl. The lowest BCUT2D eigenvalue weighted by molar-refractivity contribution is -0.134. The Morgan fingerprint density at radius 3 is 2.83 bits per heavy atom. The van der Waals surface area contributed by atoms with E-state index in [0.29, 0.717) is 17.9 Å². The summed E-state index contributed by atoms with van der Waals surface area (Å²) in [6.45, 7) is 4.31. The molecule has 0 radical (unpaired) electrons. The van der Waals surface area contributed by atoms with Gasteiger partial charge in [0, 0.05) is 38.3 Å². The summed E-state index contributed by atoms with van der Waals surface area (Å²) in [5, 5.41) is 3.24. The molecule has 0 saturated carbocycles. The predicted octanol–water partition coefficient (Wildman–Crippen LogP) is 0.309. The molecular formula is C15H21ClN4O3S. The highest BCUT2D eigenvalue weighted by Gasteiger charge is 2.32. The summed E-state index contributed by atoms with van der Waals surface area (Å²) < 4.78 is 28.0. The van der Waals surface area contributed by atoms with Gasteiger partial charge in [0.25, 0.3) is 10.0 Å². The summed E-state index contributed by atoms with van der Waals surface area (Å²) in [5.74, 6) is 0.308. The number of amidine groups is 1. The minimum Gasteiger partial charge on any atom is -0.349 e. The molecule has 7 nitrogen and oxygen atoms in total. The topological polar surface area (TPSA) is 82.1 Å². The Balaban J connectivity index is 0.00000208. The highest BCUT2D eigenvalue weighted by Crippen LogP contribution is 2.26. The van der Waals surface area contributed by atoms with Crippen molar-refractivity contribution in [3.63, 3.8) is 0 Å². The van der Waals surface area contributed by atoms with E-state index in [1.165, 1.54) is 6.07 Å². The number of hydrogen-bond donors (Lipinski definition) is 1. The standard InChI is InChI=1S/C15H20N4O3S.ClH/c1-11-9-16-7-8-19(11)14(20)10-18(2)15-12-5-3-4-6-13(12)23(21,22)17-15;/h3-6,11,16H,7-10H2,1-2H3;1H/t11-;/m1./s1. The normalized spacial score (nSPS) is 21.5. The van der Waals surface area contributed by atoms with Gasteiger partial charge in [-0.3, -0.25) is 4.79 Å². The summed E-state index contributed by atoms with van der Waals surface area (Å²) in [7, 11) is -1.96. The summed E-state index contributed by atoms with van der Waals surface area (Å²) in [5.41, 5.74) is 0.552. The van der Waals surface area contributed by atoms with Gasteiger partial charge in [-0.1, -0.05) is 12.1 Å². The average Bonchev–Trinajstić information content (AvgIpc) is 2.80. The maximum Gasteiger partial charge on any atom is 0.285 e. The fourth-order valence-electron chi connectivity index (χ4n) is 2.94. The molecule has 1 amide bonds. The molecule has 1 aromatic rings. The first-order chi connectivity index (χ1) is 10.9. The van der Waals surface area contributed by atoms with Gasteiger partial charge in [-0.2, -0.15) is 8.42 Å². The maximum absolute atomic E-state index is 12.5. The van der Waals surface area contributed by atoms with E-state index in [9.17, 15) is 13.2 Å². The average molecular weight is 373 g/mol. The van der Waals surface area contributed by atoms with Crippen LogP contribution in [-0.4, -0.2) is 69.2 Å². The van der Waals surface area contributed by atoms with Crippen LogP contribution in [0.1, 0.15) is 12.5 Å². The van der Waals surface area contributed by atoms with E-state index in [4.69, 9.17) is 0 Å². The van der Waals surface area contributed by atoms with E-state index in [1.807, 2.05) is 11.8 Å². The van der Waals surface area contributed by atoms with Crippen molar-refractivity contribution in [2.45, 2.75) is 17.9 Å². The van der Waals surface area contributed by atoms with Gasteiger partial charge in [-0.25, -0.2) is 0 Å². The fraction of sp³-hybridized carbons (Fsp3) is 0.467. The van der Waals surface area contributed by atoms with E-state index in [0.717, 1.165) is 13.1 Å². The summed E-state index contributed by atoms with van der Waals surface area (Å²) in [6.07, 6.45) is 0. The molecule has 2 aliphatic rings. The number of hydrogen-bond acceptors (Lipinski definition) is 5. The Morgan fingerprint density at radius 1 is 1.42 bits per heavy atom. The molecular weight excluding hydrogens is 352 g/mol. The number of nitrogens with zero attached hydrogens (tertiary/aromatic N) is 3. The molecule has 1 saturated heterocycles. The number of carbonyl (C=O) groups is 1. The zero-order valence-electron chi connectivity index (χ0n) is 13.6. The van der Waals surface area contributed by atoms with Gasteiger partial charge in [0.2, 0.25) is 5.91 Å². The zero-order chi connectivity index (χ0) is 16.6. The van der Waals surface area contributed by atoms with Crippen LogP contribution in [0.4, 0.5) is 0 Å². The molecule has 2 heterocycles. The number of piperazine rings is 1. The minimum absolute atomic E-state index is 0. The smallest absolute Gasteiger partial charge is 0.285 e. The van der Waals surface area contributed by atoms with E-state index in [-0.39, 0.29) is 35.8 Å². The van der Waals surface area contributed by atoms with Crippen molar-refractivity contribution in [3.05, 3.63) is 29.8 Å². The molecule has 1 aromatic carbocycles. The Kier molecular flexibility index (Phi) is 5.52. The van der Waals surface area contributed by atoms with Crippen molar-refractivity contribution in [1.29, 1.82) is 0 Å². The van der Waals surface area contributed by atoms with Crippen molar-refractivity contribution in [2.75, 3.05) is 33.2 Å². The Morgan fingerprint density at radius 2 is 2.12 bits per heavy atom. The summed E-state index contributed by atoms with van der Waals surface area (Å²) >= 11 is 0. The van der Waals surface area contributed by atoms with Gasteiger partial charge >= 0.3 is 0 Å². The summed E-state index contributed by atoms with van der Waals surface area (Å²) in [6, 6.07) is 6.82. The second kappa shape index (κ2) is 7.08. The van der Waals surface area contributed by atoms with E-state index < -0.39 is 10.0 Å². The Labute approximate surface area is 148 Å². The van der Waals surface area contributed by atoms with Crippen molar-refractivity contribution >= 4 is 34.2 Å². The van der Waals surface area contributed by atoms with Gasteiger partial charge in [-0.05, 0) is 19.1 Å². The molecule has 132 valence electrons. The molecule has 0 spiro atoms. The number of nitrogens with one attached hydrogen (secondary N) is 1. The highest BCUT2D eigenvalue weighted by atomic mass is 35.5. The van der Waals surface area contributed by atoms with Crippen LogP contribution in [-0.2, 0) is 14.8 Å². The molecule has 0 unspecified atom stereocenters. The Hall–Kier alpha value is -1.64. The largest absolute Gasteiger partial charge is 0.349 e. The number of carbonyl (C=O) groups excluding carboxylic acids is 1. The molecule has 3 rings (SSSR count). The second-order valence-electron chi connectivity index (χ2n) is 5.88. The lowest BCUT2D eigenvalue weighted by Gasteiger charge is -2.35. The van der Waals surface area contributed by atoms with Crippen molar-refractivity contribution in [3.8, 4) is 0 Å². The lowest BCUT2D eigenvalue weighted by Crippen LogP contribution is -2.54. The van der Waals surface area contributed by atoms with Crippen molar-refractivity contribution in [2.24, 2.45) is 4.40 Å². The molecule has 9 heteroatoms. The quantitative estimate of drug-likeness (QED) is 0.808.